The summed E-state index contributed by atoms with van der Waals surface area (Å²) in [5.74, 6) is 0.958. The molecule has 0 saturated carbocycles. The highest BCUT2D eigenvalue weighted by molar-refractivity contribution is 4.76. The van der Waals surface area contributed by atoms with Crippen LogP contribution in [0.4, 0.5) is 0 Å². The van der Waals surface area contributed by atoms with Gasteiger partial charge in [0.1, 0.15) is 0 Å². The van der Waals surface area contributed by atoms with E-state index in [4.69, 9.17) is 4.74 Å². The monoisotopic (exact) mass is 198 g/mol. The number of nitrogens with zero attached hydrogens (tertiary/aromatic N) is 1. The molecular weight excluding hydrogens is 176 g/mol. The molecule has 2 saturated heterocycles. The summed E-state index contributed by atoms with van der Waals surface area (Å²) in [6.07, 6.45) is 4.11. The molecule has 0 radical (unpaired) electrons. The Kier molecular flexibility index (Phi) is 3.79. The van der Waals surface area contributed by atoms with Gasteiger partial charge in [-0.2, -0.15) is 0 Å². The lowest BCUT2D eigenvalue weighted by Crippen LogP contribution is -2.47. The summed E-state index contributed by atoms with van der Waals surface area (Å²) in [6, 6.07) is 0.705. The van der Waals surface area contributed by atoms with E-state index < -0.39 is 0 Å². The molecule has 2 fully saturated rings. The summed E-state index contributed by atoms with van der Waals surface area (Å²) >= 11 is 0. The van der Waals surface area contributed by atoms with E-state index in [9.17, 15) is 0 Å². The van der Waals surface area contributed by atoms with Crippen LogP contribution in [0.15, 0.2) is 0 Å². The second-order valence-electron chi connectivity index (χ2n) is 4.65. The van der Waals surface area contributed by atoms with Crippen molar-refractivity contribution in [3.63, 3.8) is 0 Å². The van der Waals surface area contributed by atoms with Crippen molar-refractivity contribution in [2.75, 3.05) is 39.9 Å². The predicted molar refractivity (Wildman–Crippen MR) is 57.4 cm³/mol. The molecule has 2 aliphatic rings. The first-order valence-corrected chi connectivity index (χ1v) is 5.85. The molecule has 2 rings (SSSR count). The van der Waals surface area contributed by atoms with Crippen molar-refractivity contribution < 1.29 is 4.74 Å². The van der Waals surface area contributed by atoms with E-state index >= 15 is 0 Å². The fourth-order valence-electron chi connectivity index (χ4n) is 2.22. The average Bonchev–Trinajstić information content (AvgIpc) is 2.14. The van der Waals surface area contributed by atoms with E-state index in [2.05, 4.69) is 17.3 Å². The molecule has 1 N–H and O–H groups in total. The third kappa shape index (κ3) is 2.69. The van der Waals surface area contributed by atoms with Crippen molar-refractivity contribution in [3.05, 3.63) is 0 Å². The SMILES string of the molecule is CN(CCC1CCNCC1)C1COC1. The van der Waals surface area contributed by atoms with Gasteiger partial charge in [0, 0.05) is 0 Å². The summed E-state index contributed by atoms with van der Waals surface area (Å²) in [4.78, 5) is 2.46. The lowest BCUT2D eigenvalue weighted by Gasteiger charge is -2.35. The lowest BCUT2D eigenvalue weighted by atomic mass is 9.94. The zero-order valence-corrected chi connectivity index (χ0v) is 9.17. The van der Waals surface area contributed by atoms with Crippen molar-refractivity contribution in [1.82, 2.24) is 10.2 Å². The van der Waals surface area contributed by atoms with Crippen LogP contribution in [-0.4, -0.2) is 50.8 Å². The number of rotatable bonds is 4. The third-order valence-corrected chi connectivity index (χ3v) is 3.59. The quantitative estimate of drug-likeness (QED) is 0.720. The Balaban J connectivity index is 1.60. The number of hydrogen-bond donors (Lipinski definition) is 1. The highest BCUT2D eigenvalue weighted by atomic mass is 16.5. The molecule has 2 heterocycles. The van der Waals surface area contributed by atoms with E-state index in [0.29, 0.717) is 6.04 Å². The van der Waals surface area contributed by atoms with Gasteiger partial charge in [-0.25, -0.2) is 0 Å². The Morgan fingerprint density at radius 3 is 2.57 bits per heavy atom. The van der Waals surface area contributed by atoms with Gasteiger partial charge in [-0.3, -0.25) is 4.90 Å². The fraction of sp³-hybridized carbons (Fsp3) is 1.00. The Bertz CT molecular complexity index is 163. The van der Waals surface area contributed by atoms with Gasteiger partial charge in [0.05, 0.1) is 19.3 Å². The summed E-state index contributed by atoms with van der Waals surface area (Å²) in [7, 11) is 2.23. The molecule has 0 aromatic heterocycles. The second-order valence-corrected chi connectivity index (χ2v) is 4.65. The van der Waals surface area contributed by atoms with E-state index in [0.717, 1.165) is 19.1 Å². The van der Waals surface area contributed by atoms with Crippen LogP contribution in [0.25, 0.3) is 0 Å². The van der Waals surface area contributed by atoms with E-state index in [1.165, 1.54) is 38.9 Å². The van der Waals surface area contributed by atoms with Crippen molar-refractivity contribution in [1.29, 1.82) is 0 Å². The number of nitrogens with one attached hydrogen (secondary N) is 1. The van der Waals surface area contributed by atoms with Gasteiger partial charge in [-0.05, 0) is 51.9 Å². The molecule has 0 bridgehead atoms. The van der Waals surface area contributed by atoms with Gasteiger partial charge in [0.2, 0.25) is 0 Å². The smallest absolute Gasteiger partial charge is 0.0645 e. The Morgan fingerprint density at radius 2 is 2.00 bits per heavy atom. The zero-order valence-electron chi connectivity index (χ0n) is 9.17. The molecular formula is C11H22N2O. The molecule has 14 heavy (non-hydrogen) atoms. The minimum absolute atomic E-state index is 0.705. The molecule has 2 aliphatic heterocycles. The summed E-state index contributed by atoms with van der Waals surface area (Å²) in [5, 5.41) is 3.41. The number of hydrogen-bond acceptors (Lipinski definition) is 3. The van der Waals surface area contributed by atoms with Crippen LogP contribution in [0.5, 0.6) is 0 Å². The van der Waals surface area contributed by atoms with Crippen LogP contribution >= 0.6 is 0 Å². The molecule has 0 amide bonds. The minimum Gasteiger partial charge on any atom is -0.378 e. The Labute approximate surface area is 86.8 Å². The molecule has 0 atom stereocenters. The Morgan fingerprint density at radius 1 is 1.29 bits per heavy atom. The van der Waals surface area contributed by atoms with Crippen LogP contribution in [-0.2, 0) is 4.74 Å². The molecule has 3 nitrogen and oxygen atoms in total. The minimum atomic E-state index is 0.705. The molecule has 0 aromatic rings. The largest absolute Gasteiger partial charge is 0.378 e. The average molecular weight is 198 g/mol. The number of piperidine rings is 1. The molecule has 3 heteroatoms. The summed E-state index contributed by atoms with van der Waals surface area (Å²) in [5.41, 5.74) is 0. The van der Waals surface area contributed by atoms with Crippen molar-refractivity contribution in [3.8, 4) is 0 Å². The predicted octanol–water partition coefficient (Wildman–Crippen LogP) is 0.707. The highest BCUT2D eigenvalue weighted by Crippen LogP contribution is 2.17. The number of likely N-dealkylation sites (N-methyl/N-ethyl adjacent to an activating group) is 1. The fourth-order valence-corrected chi connectivity index (χ4v) is 2.22. The highest BCUT2D eigenvalue weighted by Gasteiger charge is 2.23. The summed E-state index contributed by atoms with van der Waals surface area (Å²) < 4.78 is 5.20. The summed E-state index contributed by atoms with van der Waals surface area (Å²) in [6.45, 7) is 5.59. The van der Waals surface area contributed by atoms with Crippen LogP contribution in [0.3, 0.4) is 0 Å². The molecule has 0 aliphatic carbocycles. The van der Waals surface area contributed by atoms with E-state index in [-0.39, 0.29) is 0 Å². The first-order valence-electron chi connectivity index (χ1n) is 5.85. The van der Waals surface area contributed by atoms with Gasteiger partial charge in [0.15, 0.2) is 0 Å². The van der Waals surface area contributed by atoms with Crippen LogP contribution in [0, 0.1) is 5.92 Å². The molecule has 82 valence electrons. The second kappa shape index (κ2) is 5.10. The van der Waals surface area contributed by atoms with Gasteiger partial charge >= 0.3 is 0 Å². The van der Waals surface area contributed by atoms with E-state index in [1.807, 2.05) is 0 Å². The molecule has 0 aromatic carbocycles. The lowest BCUT2D eigenvalue weighted by molar-refractivity contribution is -0.0572. The maximum Gasteiger partial charge on any atom is 0.0645 e. The number of ether oxygens (including phenoxy) is 1. The molecule has 0 unspecified atom stereocenters. The third-order valence-electron chi connectivity index (χ3n) is 3.59. The topological polar surface area (TPSA) is 24.5 Å². The van der Waals surface area contributed by atoms with Gasteiger partial charge in [-0.1, -0.05) is 0 Å². The normalized spacial score (nSPS) is 25.3. The van der Waals surface area contributed by atoms with Gasteiger partial charge in [0.25, 0.3) is 0 Å². The first-order chi connectivity index (χ1) is 6.86. The van der Waals surface area contributed by atoms with Gasteiger partial charge in [-0.15, -0.1) is 0 Å². The maximum atomic E-state index is 5.20. The van der Waals surface area contributed by atoms with Crippen LogP contribution in [0.2, 0.25) is 0 Å². The molecule has 0 spiro atoms. The first kappa shape index (κ1) is 10.4. The van der Waals surface area contributed by atoms with Crippen molar-refractivity contribution in [2.45, 2.75) is 25.3 Å². The van der Waals surface area contributed by atoms with Crippen LogP contribution < -0.4 is 5.32 Å². The zero-order chi connectivity index (χ0) is 9.80. The van der Waals surface area contributed by atoms with Crippen molar-refractivity contribution >= 4 is 0 Å². The maximum absolute atomic E-state index is 5.20. The van der Waals surface area contributed by atoms with Crippen molar-refractivity contribution in [2.24, 2.45) is 5.92 Å². The van der Waals surface area contributed by atoms with Crippen LogP contribution in [0.1, 0.15) is 19.3 Å². The van der Waals surface area contributed by atoms with Gasteiger partial charge < -0.3 is 10.1 Å². The standard InChI is InChI=1S/C11H22N2O/c1-13(11-8-14-9-11)7-4-10-2-5-12-6-3-10/h10-12H,2-9H2,1H3. The Hall–Kier alpha value is -0.120. The van der Waals surface area contributed by atoms with E-state index in [1.54, 1.807) is 0 Å².